The van der Waals surface area contributed by atoms with E-state index in [0.29, 0.717) is 6.04 Å². The van der Waals surface area contributed by atoms with Crippen molar-refractivity contribution in [3.63, 3.8) is 0 Å². The maximum atomic E-state index is 11.7. The predicted molar refractivity (Wildman–Crippen MR) is 102 cm³/mol. The van der Waals surface area contributed by atoms with E-state index in [1.165, 1.54) is 25.7 Å². The minimum atomic E-state index is 0. The summed E-state index contributed by atoms with van der Waals surface area (Å²) in [4.78, 5) is 20.2. The van der Waals surface area contributed by atoms with Crippen LogP contribution in [0.15, 0.2) is 4.99 Å². The Morgan fingerprint density at radius 3 is 2.55 bits per heavy atom. The summed E-state index contributed by atoms with van der Waals surface area (Å²) in [5.74, 6) is 2.52. The summed E-state index contributed by atoms with van der Waals surface area (Å²) in [5, 5.41) is 3.51. The molecule has 128 valence electrons. The molecule has 2 rings (SSSR count). The molecule has 1 N–H and O–H groups in total. The number of halogens is 1. The molecule has 1 saturated carbocycles. The molecule has 1 heterocycles. The fourth-order valence-electron chi connectivity index (χ4n) is 2.82. The molecule has 22 heavy (non-hydrogen) atoms. The number of carbonyl (C=O) groups excluding carboxylic acids is 1. The summed E-state index contributed by atoms with van der Waals surface area (Å²) in [7, 11) is 3.56. The number of hydrogen-bond acceptors (Lipinski definition) is 2. The van der Waals surface area contributed by atoms with Crippen molar-refractivity contribution in [2.75, 3.05) is 33.7 Å². The highest BCUT2D eigenvalue weighted by atomic mass is 127. The normalized spacial score (nSPS) is 21.8. The van der Waals surface area contributed by atoms with Crippen LogP contribution in [0.1, 0.15) is 39.5 Å². The van der Waals surface area contributed by atoms with Gasteiger partial charge in [0.15, 0.2) is 5.96 Å². The number of rotatable bonds is 5. The van der Waals surface area contributed by atoms with E-state index in [9.17, 15) is 4.79 Å². The van der Waals surface area contributed by atoms with E-state index in [0.717, 1.165) is 30.9 Å². The Balaban J connectivity index is 0.00000242. The molecule has 0 bridgehead atoms. The smallest absolute Gasteiger partial charge is 0.243 e. The quantitative estimate of drug-likeness (QED) is 0.420. The lowest BCUT2D eigenvalue weighted by Gasteiger charge is -2.22. The molecule has 0 aromatic carbocycles. The highest BCUT2D eigenvalue weighted by Gasteiger charge is 2.29. The highest BCUT2D eigenvalue weighted by molar-refractivity contribution is 14.0. The Morgan fingerprint density at radius 1 is 1.32 bits per heavy atom. The van der Waals surface area contributed by atoms with Crippen molar-refractivity contribution in [3.8, 4) is 0 Å². The van der Waals surface area contributed by atoms with Crippen molar-refractivity contribution in [3.05, 3.63) is 0 Å². The monoisotopic (exact) mass is 422 g/mol. The lowest BCUT2D eigenvalue weighted by molar-refractivity contribution is -0.127. The fourth-order valence-corrected chi connectivity index (χ4v) is 2.82. The zero-order chi connectivity index (χ0) is 15.4. The predicted octanol–water partition coefficient (Wildman–Crippen LogP) is 2.17. The highest BCUT2D eigenvalue weighted by Crippen LogP contribution is 2.25. The van der Waals surface area contributed by atoms with Gasteiger partial charge in [-0.2, -0.15) is 0 Å². The van der Waals surface area contributed by atoms with E-state index >= 15 is 0 Å². The number of hydrogen-bond donors (Lipinski definition) is 1. The van der Waals surface area contributed by atoms with Crippen LogP contribution in [0.2, 0.25) is 0 Å². The number of amides is 1. The van der Waals surface area contributed by atoms with Crippen molar-refractivity contribution >= 4 is 35.8 Å². The number of nitrogens with zero attached hydrogens (tertiary/aromatic N) is 3. The molecule has 5 nitrogen and oxygen atoms in total. The van der Waals surface area contributed by atoms with Crippen molar-refractivity contribution in [2.24, 2.45) is 16.8 Å². The third kappa shape index (κ3) is 6.30. The molecular weight excluding hydrogens is 391 g/mol. The molecule has 0 radical (unpaired) electrons. The van der Waals surface area contributed by atoms with Crippen LogP contribution in [0, 0.1) is 11.8 Å². The SMILES string of the molecule is CC(C)CC1CCN(C(=NCC(=O)N(C)C)NC2CC2)C1.I. The standard InChI is InChI=1S/C16H30N4O.HI/c1-12(2)9-13-7-8-20(11-13)16(18-14-5-6-14)17-10-15(21)19(3)4;/h12-14H,5-11H2,1-4H3,(H,17,18);1H. The number of likely N-dealkylation sites (tertiary alicyclic amines) is 1. The minimum absolute atomic E-state index is 0. The van der Waals surface area contributed by atoms with Gasteiger partial charge in [0.05, 0.1) is 0 Å². The first-order chi connectivity index (χ1) is 9.95. The summed E-state index contributed by atoms with van der Waals surface area (Å²) in [6.45, 7) is 6.96. The van der Waals surface area contributed by atoms with Crippen LogP contribution < -0.4 is 5.32 Å². The average molecular weight is 422 g/mol. The molecule has 1 unspecified atom stereocenters. The molecular formula is C16H31IN4O. The molecule has 0 spiro atoms. The number of aliphatic imine (C=N–C) groups is 1. The largest absolute Gasteiger partial charge is 0.353 e. The summed E-state index contributed by atoms with van der Waals surface area (Å²) < 4.78 is 0. The number of guanidine groups is 1. The van der Waals surface area contributed by atoms with E-state index in [1.54, 1.807) is 19.0 Å². The van der Waals surface area contributed by atoms with Gasteiger partial charge in [-0.1, -0.05) is 13.8 Å². The van der Waals surface area contributed by atoms with Crippen molar-refractivity contribution in [1.82, 2.24) is 15.1 Å². The fraction of sp³-hybridized carbons (Fsp3) is 0.875. The Kier molecular flexibility index (Phi) is 7.93. The molecule has 0 aromatic rings. The van der Waals surface area contributed by atoms with Gasteiger partial charge in [0.2, 0.25) is 5.91 Å². The first-order valence-corrected chi connectivity index (χ1v) is 8.21. The van der Waals surface area contributed by atoms with Gasteiger partial charge in [-0.15, -0.1) is 24.0 Å². The van der Waals surface area contributed by atoms with Crippen molar-refractivity contribution in [1.29, 1.82) is 0 Å². The molecule has 1 amide bonds. The third-order valence-electron chi connectivity index (χ3n) is 4.16. The van der Waals surface area contributed by atoms with E-state index in [4.69, 9.17) is 0 Å². The summed E-state index contributed by atoms with van der Waals surface area (Å²) in [6, 6.07) is 0.572. The Hall–Kier alpha value is -0.530. The van der Waals surface area contributed by atoms with Gasteiger partial charge < -0.3 is 15.1 Å². The van der Waals surface area contributed by atoms with Crippen LogP contribution in [0.5, 0.6) is 0 Å². The topological polar surface area (TPSA) is 47.9 Å². The van der Waals surface area contributed by atoms with E-state index in [-0.39, 0.29) is 36.4 Å². The van der Waals surface area contributed by atoms with Crippen molar-refractivity contribution < 1.29 is 4.79 Å². The van der Waals surface area contributed by atoms with Gasteiger partial charge in [-0.25, -0.2) is 4.99 Å². The average Bonchev–Trinajstić information content (AvgIpc) is 3.11. The molecule has 1 aliphatic carbocycles. The maximum Gasteiger partial charge on any atom is 0.243 e. The van der Waals surface area contributed by atoms with Gasteiger partial charge in [-0.05, 0) is 37.5 Å². The lowest BCUT2D eigenvalue weighted by atomic mass is 9.97. The van der Waals surface area contributed by atoms with Crippen LogP contribution in [-0.2, 0) is 4.79 Å². The first-order valence-electron chi connectivity index (χ1n) is 8.21. The molecule has 1 atom stereocenters. The van der Waals surface area contributed by atoms with Crippen LogP contribution in [0.25, 0.3) is 0 Å². The van der Waals surface area contributed by atoms with Gasteiger partial charge in [0, 0.05) is 33.2 Å². The van der Waals surface area contributed by atoms with Crippen LogP contribution in [-0.4, -0.2) is 61.4 Å². The Labute approximate surface area is 151 Å². The maximum absolute atomic E-state index is 11.7. The minimum Gasteiger partial charge on any atom is -0.353 e. The van der Waals surface area contributed by atoms with Crippen LogP contribution in [0.4, 0.5) is 0 Å². The van der Waals surface area contributed by atoms with Gasteiger partial charge in [-0.3, -0.25) is 4.79 Å². The van der Waals surface area contributed by atoms with E-state index in [1.807, 2.05) is 0 Å². The van der Waals surface area contributed by atoms with Gasteiger partial charge in [0.25, 0.3) is 0 Å². The summed E-state index contributed by atoms with van der Waals surface area (Å²) >= 11 is 0. The molecule has 6 heteroatoms. The van der Waals surface area contributed by atoms with E-state index in [2.05, 4.69) is 29.1 Å². The second-order valence-corrected chi connectivity index (χ2v) is 7.08. The number of nitrogens with one attached hydrogen (secondary N) is 1. The number of carbonyl (C=O) groups is 1. The zero-order valence-corrected chi connectivity index (χ0v) is 16.7. The van der Waals surface area contributed by atoms with Gasteiger partial charge in [0.1, 0.15) is 6.54 Å². The Bertz CT molecular complexity index is 394. The number of likely N-dealkylation sites (N-methyl/N-ethyl adjacent to an activating group) is 1. The van der Waals surface area contributed by atoms with Crippen LogP contribution >= 0.6 is 24.0 Å². The third-order valence-corrected chi connectivity index (χ3v) is 4.16. The van der Waals surface area contributed by atoms with E-state index < -0.39 is 0 Å². The van der Waals surface area contributed by atoms with Crippen LogP contribution in [0.3, 0.4) is 0 Å². The van der Waals surface area contributed by atoms with Gasteiger partial charge >= 0.3 is 0 Å². The first kappa shape index (κ1) is 19.5. The lowest BCUT2D eigenvalue weighted by Crippen LogP contribution is -2.42. The molecule has 1 aliphatic heterocycles. The molecule has 2 fully saturated rings. The summed E-state index contributed by atoms with van der Waals surface area (Å²) in [5.41, 5.74) is 0. The summed E-state index contributed by atoms with van der Waals surface area (Å²) in [6.07, 6.45) is 4.98. The Morgan fingerprint density at radius 2 is 2.00 bits per heavy atom. The molecule has 0 aromatic heterocycles. The molecule has 2 aliphatic rings. The second kappa shape index (κ2) is 8.93. The zero-order valence-electron chi connectivity index (χ0n) is 14.3. The molecule has 1 saturated heterocycles. The second-order valence-electron chi connectivity index (χ2n) is 7.08. The van der Waals surface area contributed by atoms with Crippen molar-refractivity contribution in [2.45, 2.75) is 45.6 Å².